The average Bonchev–Trinajstić information content (AvgIpc) is 3.14. The molecule has 7 nitrogen and oxygen atoms in total. The van der Waals surface area contributed by atoms with Crippen LogP contribution in [0.25, 0.3) is 10.4 Å². The lowest BCUT2D eigenvalue weighted by Gasteiger charge is -2.28. The molecule has 0 spiro atoms. The van der Waals surface area contributed by atoms with Gasteiger partial charge in [-0.2, -0.15) is 0 Å². The number of ether oxygens (including phenoxy) is 1. The lowest BCUT2D eigenvalue weighted by atomic mass is 9.84. The van der Waals surface area contributed by atoms with E-state index in [-0.39, 0.29) is 0 Å². The summed E-state index contributed by atoms with van der Waals surface area (Å²) in [6.07, 6.45) is 5.20. The predicted molar refractivity (Wildman–Crippen MR) is 127 cm³/mol. The molecule has 0 unspecified atom stereocenters. The Morgan fingerprint density at radius 1 is 1.11 bits per heavy atom. The summed E-state index contributed by atoms with van der Waals surface area (Å²) >= 11 is 0. The van der Waals surface area contributed by atoms with Gasteiger partial charge in [-0.3, -0.25) is 4.79 Å². The smallest absolute Gasteiger partial charge is 0.417 e. The van der Waals surface area contributed by atoms with Crippen molar-refractivity contribution in [2.45, 2.75) is 38.0 Å². The van der Waals surface area contributed by atoms with Crippen molar-refractivity contribution in [1.29, 1.82) is 0 Å². The van der Waals surface area contributed by atoms with Crippen molar-refractivity contribution < 1.29 is 23.1 Å². The number of carbonyl (C=O) groups is 2. The van der Waals surface area contributed by atoms with Crippen molar-refractivity contribution >= 4 is 12.0 Å². The Bertz CT molecular complexity index is 1160. The Labute approximate surface area is 201 Å². The van der Waals surface area contributed by atoms with Crippen LogP contribution in [-0.2, 0) is 9.53 Å². The van der Waals surface area contributed by atoms with Crippen LogP contribution in [0.1, 0.15) is 30.9 Å². The van der Waals surface area contributed by atoms with E-state index in [4.69, 9.17) is 4.74 Å². The van der Waals surface area contributed by atoms with Gasteiger partial charge in [-0.15, -0.1) is 0 Å². The molecule has 180 valence electrons. The van der Waals surface area contributed by atoms with Crippen molar-refractivity contribution in [3.8, 4) is 0 Å². The number of hydrogen-bond acceptors (Lipinski definition) is 4. The van der Waals surface area contributed by atoms with Crippen LogP contribution in [-0.4, -0.2) is 35.1 Å². The minimum Gasteiger partial charge on any atom is -0.439 e. The molecule has 1 fully saturated rings. The van der Waals surface area contributed by atoms with Crippen molar-refractivity contribution in [2.75, 3.05) is 0 Å². The number of azide groups is 1. The van der Waals surface area contributed by atoms with Gasteiger partial charge in [-0.25, -0.2) is 18.5 Å². The summed E-state index contributed by atoms with van der Waals surface area (Å²) < 4.78 is 32.7. The van der Waals surface area contributed by atoms with Gasteiger partial charge in [-0.1, -0.05) is 60.3 Å². The SMILES string of the molecule is C=CC=CC=C(C)[C@H]1OC(=O)N(C(=O)[C@@H](N=[N+]=[N-])C(c2ccc(F)cc2)c2ccc(F)cc2)[C@H]1C. The molecule has 35 heavy (non-hydrogen) atoms. The van der Waals surface area contributed by atoms with E-state index in [1.165, 1.54) is 48.5 Å². The normalized spacial score (nSPS) is 18.9. The molecule has 1 aliphatic rings. The van der Waals surface area contributed by atoms with Gasteiger partial charge in [0.1, 0.15) is 23.8 Å². The molecule has 9 heteroatoms. The average molecular weight is 478 g/mol. The van der Waals surface area contributed by atoms with E-state index in [2.05, 4.69) is 16.6 Å². The maximum atomic E-state index is 13.7. The fourth-order valence-corrected chi connectivity index (χ4v) is 4.06. The Morgan fingerprint density at radius 2 is 1.66 bits per heavy atom. The first-order valence-electron chi connectivity index (χ1n) is 10.8. The van der Waals surface area contributed by atoms with Gasteiger partial charge in [0.15, 0.2) is 0 Å². The highest BCUT2D eigenvalue weighted by molar-refractivity contribution is 5.97. The second-order valence-electron chi connectivity index (χ2n) is 8.02. The quantitative estimate of drug-likeness (QED) is 0.196. The molecule has 3 rings (SSSR count). The Balaban J connectivity index is 2.03. The van der Waals surface area contributed by atoms with Crippen LogP contribution in [0.3, 0.4) is 0 Å². The second-order valence-corrected chi connectivity index (χ2v) is 8.02. The third kappa shape index (κ3) is 5.65. The van der Waals surface area contributed by atoms with Crippen LogP contribution >= 0.6 is 0 Å². The first kappa shape index (κ1) is 25.4. The van der Waals surface area contributed by atoms with Crippen LogP contribution in [0.4, 0.5) is 13.6 Å². The maximum absolute atomic E-state index is 13.7. The van der Waals surface area contributed by atoms with E-state index in [1.807, 2.05) is 0 Å². The van der Waals surface area contributed by atoms with Gasteiger partial charge < -0.3 is 4.74 Å². The number of cyclic esters (lactones) is 1. The number of halogens is 2. The molecule has 1 aliphatic heterocycles. The largest absolute Gasteiger partial charge is 0.439 e. The van der Waals surface area contributed by atoms with Gasteiger partial charge in [-0.05, 0) is 60.3 Å². The molecule has 2 aromatic carbocycles. The third-order valence-electron chi connectivity index (χ3n) is 5.77. The van der Waals surface area contributed by atoms with Crippen LogP contribution in [0.5, 0.6) is 0 Å². The summed E-state index contributed by atoms with van der Waals surface area (Å²) in [6, 6.07) is 8.50. The van der Waals surface area contributed by atoms with Crippen molar-refractivity contribution in [2.24, 2.45) is 5.11 Å². The first-order valence-corrected chi connectivity index (χ1v) is 10.8. The molecule has 2 amide bonds. The number of imide groups is 1. The molecule has 0 saturated carbocycles. The molecular weight excluding hydrogens is 454 g/mol. The van der Waals surface area contributed by atoms with E-state index in [9.17, 15) is 23.9 Å². The van der Waals surface area contributed by atoms with E-state index >= 15 is 0 Å². The second kappa shape index (κ2) is 11.3. The maximum Gasteiger partial charge on any atom is 0.417 e. The Hall–Kier alpha value is -4.23. The highest BCUT2D eigenvalue weighted by atomic mass is 19.1. The summed E-state index contributed by atoms with van der Waals surface area (Å²) in [7, 11) is 0. The molecule has 3 atom stereocenters. The summed E-state index contributed by atoms with van der Waals surface area (Å²) in [4.78, 5) is 30.2. The fourth-order valence-electron chi connectivity index (χ4n) is 4.06. The fraction of sp³-hybridized carbons (Fsp3) is 0.231. The van der Waals surface area contributed by atoms with Crippen molar-refractivity contribution in [3.05, 3.63) is 118 Å². The Kier molecular flexibility index (Phi) is 8.17. The Morgan fingerprint density at radius 3 is 2.14 bits per heavy atom. The molecule has 0 radical (unpaired) electrons. The summed E-state index contributed by atoms with van der Waals surface area (Å²) in [6.45, 7) is 7.01. The standard InChI is InChI=1S/C26H24F2N4O3/c1-4-5-6-7-16(2)24-17(3)32(26(34)35-24)25(33)23(30-31-29)22(18-8-12-20(27)13-9-18)19-10-14-21(28)15-11-19/h4-15,17,22-24H,1H2,2-3H3/t17-,23-,24+/m0/s1. The monoisotopic (exact) mass is 478 g/mol. The highest BCUT2D eigenvalue weighted by Gasteiger charge is 2.47. The molecule has 0 aliphatic carbocycles. The van der Waals surface area contributed by atoms with Gasteiger partial charge in [0.2, 0.25) is 5.91 Å². The number of amides is 2. The van der Waals surface area contributed by atoms with Gasteiger partial charge >= 0.3 is 6.09 Å². The lowest BCUT2D eigenvalue weighted by Crippen LogP contribution is -2.46. The number of carbonyl (C=O) groups excluding carboxylic acids is 2. The zero-order chi connectivity index (χ0) is 25.5. The predicted octanol–water partition coefficient (Wildman–Crippen LogP) is 6.20. The van der Waals surface area contributed by atoms with Crippen LogP contribution < -0.4 is 0 Å². The van der Waals surface area contributed by atoms with Gasteiger partial charge in [0.25, 0.3) is 0 Å². The highest BCUT2D eigenvalue weighted by Crippen LogP contribution is 2.34. The van der Waals surface area contributed by atoms with Crippen LogP contribution in [0.15, 0.2) is 90.1 Å². The number of allylic oxidation sites excluding steroid dienone is 4. The molecule has 2 aromatic rings. The molecule has 0 aromatic heterocycles. The molecule has 0 N–H and O–H groups in total. The van der Waals surface area contributed by atoms with E-state index in [0.29, 0.717) is 16.7 Å². The molecule has 0 bridgehead atoms. The molecule has 1 saturated heterocycles. The van der Waals surface area contributed by atoms with E-state index in [0.717, 1.165) is 4.90 Å². The van der Waals surface area contributed by atoms with Crippen LogP contribution in [0, 0.1) is 11.6 Å². The van der Waals surface area contributed by atoms with Crippen molar-refractivity contribution in [3.63, 3.8) is 0 Å². The summed E-state index contributed by atoms with van der Waals surface area (Å²) in [5, 5.41) is 3.72. The number of rotatable bonds is 8. The third-order valence-corrected chi connectivity index (χ3v) is 5.77. The van der Waals surface area contributed by atoms with E-state index < -0.39 is 47.7 Å². The topological polar surface area (TPSA) is 95.4 Å². The number of benzene rings is 2. The molecule has 1 heterocycles. The summed E-state index contributed by atoms with van der Waals surface area (Å²) in [5.74, 6) is -2.68. The number of nitrogens with zero attached hydrogens (tertiary/aromatic N) is 4. The minimum absolute atomic E-state index is 0.450. The minimum atomic E-state index is -1.42. The van der Waals surface area contributed by atoms with Crippen molar-refractivity contribution in [1.82, 2.24) is 4.90 Å². The zero-order valence-electron chi connectivity index (χ0n) is 19.2. The van der Waals surface area contributed by atoms with Gasteiger partial charge in [0.05, 0.1) is 6.04 Å². The molecular formula is C26H24F2N4O3. The number of hydrogen-bond donors (Lipinski definition) is 0. The zero-order valence-corrected chi connectivity index (χ0v) is 19.2. The lowest BCUT2D eigenvalue weighted by molar-refractivity contribution is -0.130. The first-order chi connectivity index (χ1) is 16.8. The van der Waals surface area contributed by atoms with Crippen LogP contribution in [0.2, 0.25) is 0 Å². The summed E-state index contributed by atoms with van der Waals surface area (Å²) in [5.41, 5.74) is 10.9. The van der Waals surface area contributed by atoms with Gasteiger partial charge in [0, 0.05) is 10.8 Å². The van der Waals surface area contributed by atoms with E-state index in [1.54, 1.807) is 38.2 Å².